The van der Waals surface area contributed by atoms with Crippen molar-refractivity contribution >= 4 is 16.9 Å². The maximum atomic E-state index is 12.4. The van der Waals surface area contributed by atoms with E-state index in [4.69, 9.17) is 5.73 Å². The number of aromatic nitrogens is 2. The highest BCUT2D eigenvalue weighted by Gasteiger charge is 2.24. The van der Waals surface area contributed by atoms with Gasteiger partial charge < -0.3 is 15.2 Å². The third-order valence-electron chi connectivity index (χ3n) is 4.62. The van der Waals surface area contributed by atoms with Crippen LogP contribution in [0.5, 0.6) is 0 Å². The first-order valence-electron chi connectivity index (χ1n) is 8.09. The van der Waals surface area contributed by atoms with Gasteiger partial charge in [-0.05, 0) is 43.4 Å². The second-order valence-corrected chi connectivity index (χ2v) is 6.33. The molecular weight excluding hydrogens is 276 g/mol. The van der Waals surface area contributed by atoms with Crippen molar-refractivity contribution in [2.75, 3.05) is 13.1 Å². The van der Waals surface area contributed by atoms with Crippen molar-refractivity contribution in [3.8, 4) is 0 Å². The average molecular weight is 300 g/mol. The molecule has 1 aliphatic rings. The highest BCUT2D eigenvalue weighted by atomic mass is 16.2. The Bertz CT molecular complexity index is 643. The van der Waals surface area contributed by atoms with Gasteiger partial charge in [0.15, 0.2) is 0 Å². The predicted molar refractivity (Wildman–Crippen MR) is 87.3 cm³/mol. The molecule has 2 aromatic rings. The van der Waals surface area contributed by atoms with Gasteiger partial charge in [0, 0.05) is 37.4 Å². The molecule has 5 nitrogen and oxygen atoms in total. The maximum absolute atomic E-state index is 12.4. The van der Waals surface area contributed by atoms with Crippen molar-refractivity contribution in [2.24, 2.45) is 11.7 Å². The first-order valence-corrected chi connectivity index (χ1v) is 8.09. The molecule has 1 saturated heterocycles. The van der Waals surface area contributed by atoms with Gasteiger partial charge in [-0.1, -0.05) is 6.92 Å². The first-order chi connectivity index (χ1) is 10.6. The zero-order chi connectivity index (χ0) is 15.5. The number of carbonyl (C=O) groups excluding carboxylic acids is 1. The fourth-order valence-corrected chi connectivity index (χ4v) is 3.07. The molecule has 1 amide bonds. The largest absolute Gasteiger partial charge is 0.341 e. The van der Waals surface area contributed by atoms with Crippen LogP contribution in [0.25, 0.3) is 11.0 Å². The van der Waals surface area contributed by atoms with Crippen LogP contribution in [-0.2, 0) is 11.3 Å². The van der Waals surface area contributed by atoms with Gasteiger partial charge in [-0.3, -0.25) is 4.79 Å². The second-order valence-electron chi connectivity index (χ2n) is 6.33. The molecule has 1 fully saturated rings. The van der Waals surface area contributed by atoms with Crippen molar-refractivity contribution in [1.29, 1.82) is 0 Å². The molecule has 0 spiro atoms. The van der Waals surface area contributed by atoms with E-state index in [1.165, 1.54) is 0 Å². The van der Waals surface area contributed by atoms with Gasteiger partial charge in [0.2, 0.25) is 5.91 Å². The average Bonchev–Trinajstić information content (AvgIpc) is 2.96. The number of aryl methyl sites for hydroxylation is 1. The molecule has 0 saturated carbocycles. The van der Waals surface area contributed by atoms with E-state index < -0.39 is 6.04 Å². The zero-order valence-electron chi connectivity index (χ0n) is 13.1. The third kappa shape index (κ3) is 3.14. The number of pyridine rings is 1. The number of nitrogens with two attached hydrogens (primary N) is 1. The maximum Gasteiger partial charge on any atom is 0.239 e. The minimum Gasteiger partial charge on any atom is -0.341 e. The molecule has 5 heteroatoms. The Morgan fingerprint density at radius 3 is 2.95 bits per heavy atom. The molecule has 118 valence electrons. The van der Waals surface area contributed by atoms with Crippen LogP contribution >= 0.6 is 0 Å². The minimum atomic E-state index is -0.422. The summed E-state index contributed by atoms with van der Waals surface area (Å²) in [5.41, 5.74) is 7.07. The number of nitrogens with zero attached hydrogens (tertiary/aromatic N) is 3. The molecule has 0 aliphatic carbocycles. The summed E-state index contributed by atoms with van der Waals surface area (Å²) in [5.74, 6) is 0.814. The summed E-state index contributed by atoms with van der Waals surface area (Å²) < 4.78 is 2.07. The number of likely N-dealkylation sites (tertiary alicyclic amines) is 1. The highest BCUT2D eigenvalue weighted by Crippen LogP contribution is 2.17. The number of fused-ring (bicyclic) bond motifs is 1. The summed E-state index contributed by atoms with van der Waals surface area (Å²) in [5, 5.41) is 1.12. The normalized spacial score (nSPS) is 17.8. The SMILES string of the molecule is CC1CCN(C(=O)C(N)CCn2ccc3cccnc32)CC1. The molecule has 1 atom stereocenters. The Balaban J connectivity index is 1.57. The zero-order valence-corrected chi connectivity index (χ0v) is 13.1. The van der Waals surface area contributed by atoms with Gasteiger partial charge in [-0.25, -0.2) is 4.98 Å². The summed E-state index contributed by atoms with van der Waals surface area (Å²) in [6, 6.07) is 5.59. The topological polar surface area (TPSA) is 64.2 Å². The first kappa shape index (κ1) is 15.0. The van der Waals surface area contributed by atoms with Gasteiger partial charge in [0.25, 0.3) is 0 Å². The highest BCUT2D eigenvalue weighted by molar-refractivity contribution is 5.81. The smallest absolute Gasteiger partial charge is 0.239 e. The molecule has 0 aromatic carbocycles. The molecule has 0 radical (unpaired) electrons. The lowest BCUT2D eigenvalue weighted by Gasteiger charge is -2.32. The van der Waals surface area contributed by atoms with Crippen molar-refractivity contribution < 1.29 is 4.79 Å². The van der Waals surface area contributed by atoms with E-state index in [9.17, 15) is 4.79 Å². The Morgan fingerprint density at radius 2 is 2.18 bits per heavy atom. The van der Waals surface area contributed by atoms with Gasteiger partial charge >= 0.3 is 0 Å². The van der Waals surface area contributed by atoms with Crippen LogP contribution in [0.2, 0.25) is 0 Å². The Kier molecular flexibility index (Phi) is 4.43. The van der Waals surface area contributed by atoms with E-state index in [2.05, 4.69) is 16.5 Å². The van der Waals surface area contributed by atoms with Gasteiger partial charge in [-0.2, -0.15) is 0 Å². The van der Waals surface area contributed by atoms with E-state index in [1.54, 1.807) is 6.20 Å². The second kappa shape index (κ2) is 6.48. The number of carbonyl (C=O) groups is 1. The molecule has 2 N–H and O–H groups in total. The van der Waals surface area contributed by atoms with Crippen LogP contribution in [0, 0.1) is 5.92 Å². The summed E-state index contributed by atoms with van der Waals surface area (Å²) in [6.07, 6.45) is 6.62. The van der Waals surface area contributed by atoms with Crippen LogP contribution in [0.4, 0.5) is 0 Å². The van der Waals surface area contributed by atoms with Crippen molar-refractivity contribution in [3.05, 3.63) is 30.6 Å². The summed E-state index contributed by atoms with van der Waals surface area (Å²) in [7, 11) is 0. The van der Waals surface area contributed by atoms with Gasteiger partial charge in [0.05, 0.1) is 6.04 Å². The summed E-state index contributed by atoms with van der Waals surface area (Å²) in [6.45, 7) is 4.66. The van der Waals surface area contributed by atoms with Crippen LogP contribution < -0.4 is 5.73 Å². The lowest BCUT2D eigenvalue weighted by molar-refractivity contribution is -0.134. The van der Waals surface area contributed by atoms with Crippen LogP contribution in [0.3, 0.4) is 0 Å². The van der Waals surface area contributed by atoms with Crippen molar-refractivity contribution in [2.45, 2.75) is 38.8 Å². The van der Waals surface area contributed by atoms with Crippen molar-refractivity contribution in [3.63, 3.8) is 0 Å². The van der Waals surface area contributed by atoms with Crippen molar-refractivity contribution in [1.82, 2.24) is 14.5 Å². The molecule has 1 unspecified atom stereocenters. The Labute approximate surface area is 131 Å². The van der Waals surface area contributed by atoms with Gasteiger partial charge in [0.1, 0.15) is 5.65 Å². The van der Waals surface area contributed by atoms with E-state index in [1.807, 2.05) is 29.3 Å². The molecule has 1 aliphatic heterocycles. The van der Waals surface area contributed by atoms with E-state index in [0.29, 0.717) is 6.42 Å². The Hall–Kier alpha value is -1.88. The lowest BCUT2D eigenvalue weighted by Crippen LogP contribution is -2.47. The van der Waals surface area contributed by atoms with E-state index in [-0.39, 0.29) is 5.91 Å². The quantitative estimate of drug-likeness (QED) is 0.939. The fourth-order valence-electron chi connectivity index (χ4n) is 3.07. The van der Waals surface area contributed by atoms with Crippen LogP contribution in [-0.4, -0.2) is 39.5 Å². The van der Waals surface area contributed by atoms with E-state index >= 15 is 0 Å². The molecule has 3 rings (SSSR count). The molecule has 22 heavy (non-hydrogen) atoms. The Morgan fingerprint density at radius 1 is 1.41 bits per heavy atom. The molecule has 2 aromatic heterocycles. The standard InChI is InChI=1S/C17H24N4O/c1-13-4-9-21(10-5-13)17(22)15(18)7-12-20-11-6-14-3-2-8-19-16(14)20/h2-3,6,8,11,13,15H,4-5,7,9-10,12,18H2,1H3. The lowest BCUT2D eigenvalue weighted by atomic mass is 9.98. The molecule has 0 bridgehead atoms. The van der Waals surface area contributed by atoms with Crippen LogP contribution in [0.1, 0.15) is 26.2 Å². The fraction of sp³-hybridized carbons (Fsp3) is 0.529. The minimum absolute atomic E-state index is 0.0938. The third-order valence-corrected chi connectivity index (χ3v) is 4.62. The molecule has 3 heterocycles. The number of rotatable bonds is 4. The number of hydrogen-bond donors (Lipinski definition) is 1. The van der Waals surface area contributed by atoms with Gasteiger partial charge in [-0.15, -0.1) is 0 Å². The monoisotopic (exact) mass is 300 g/mol. The number of piperidine rings is 1. The van der Waals surface area contributed by atoms with Crippen LogP contribution in [0.15, 0.2) is 30.6 Å². The molecular formula is C17H24N4O. The predicted octanol–water partition coefficient (Wildman–Crippen LogP) is 2.01. The van der Waals surface area contributed by atoms with E-state index in [0.717, 1.165) is 49.4 Å². The number of hydrogen-bond acceptors (Lipinski definition) is 3. The summed E-state index contributed by atoms with van der Waals surface area (Å²) >= 11 is 0. The number of amides is 1. The summed E-state index contributed by atoms with van der Waals surface area (Å²) in [4.78, 5) is 18.7.